The Balaban J connectivity index is 2.29. The average Bonchev–Trinajstić information content (AvgIpc) is 2.46. The Morgan fingerprint density at radius 3 is 2.48 bits per heavy atom. The van der Waals surface area contributed by atoms with Crippen LogP contribution in [0.15, 0.2) is 23.4 Å². The maximum absolute atomic E-state index is 12.0. The molecule has 21 heavy (non-hydrogen) atoms. The molecule has 6 heteroatoms. The molecule has 0 aromatic carbocycles. The fourth-order valence-corrected chi connectivity index (χ4v) is 2.97. The monoisotopic (exact) mass is 314 g/mol. The quantitative estimate of drug-likeness (QED) is 0.650. The zero-order chi connectivity index (χ0) is 15.7. The van der Waals surface area contributed by atoms with Crippen molar-refractivity contribution in [2.24, 2.45) is 5.92 Å². The number of nitrogens with zero attached hydrogens (tertiary/aromatic N) is 1. The summed E-state index contributed by atoms with van der Waals surface area (Å²) in [6, 6.07) is 2.98. The molecule has 0 saturated heterocycles. The molecule has 0 unspecified atom stereocenters. The topological polar surface area (TPSA) is 79.3 Å². The third-order valence-electron chi connectivity index (χ3n) is 3.26. The van der Waals surface area contributed by atoms with E-state index in [9.17, 15) is 8.42 Å². The summed E-state index contributed by atoms with van der Waals surface area (Å²) in [5.74, 6) is 0.733. The Morgan fingerprint density at radius 1 is 1.19 bits per heavy atom. The van der Waals surface area contributed by atoms with Crippen LogP contribution in [0, 0.1) is 5.92 Å². The van der Waals surface area contributed by atoms with Gasteiger partial charge in [-0.05, 0) is 24.0 Å². The van der Waals surface area contributed by atoms with Crippen LogP contribution in [0.4, 0.5) is 0 Å². The van der Waals surface area contributed by atoms with Crippen LogP contribution in [0.5, 0.6) is 0 Å². The van der Waals surface area contributed by atoms with Crippen LogP contribution in [-0.2, 0) is 16.6 Å². The molecule has 1 aromatic rings. The molecule has 1 aromatic heterocycles. The molecular weight excluding hydrogens is 288 g/mol. The normalized spacial score (nSPS) is 12.0. The molecule has 5 nitrogen and oxygen atoms in total. The van der Waals surface area contributed by atoms with E-state index in [1.165, 1.54) is 25.1 Å². The van der Waals surface area contributed by atoms with Crippen LogP contribution >= 0.6 is 0 Å². The summed E-state index contributed by atoms with van der Waals surface area (Å²) in [4.78, 5) is 3.86. The highest BCUT2D eigenvalue weighted by atomic mass is 32.2. The van der Waals surface area contributed by atoms with Gasteiger partial charge in [0.1, 0.15) is 0 Å². The Kier molecular flexibility index (Phi) is 7.85. The number of sulfonamides is 1. The van der Waals surface area contributed by atoms with E-state index in [0.717, 1.165) is 25.2 Å². The summed E-state index contributed by atoms with van der Waals surface area (Å²) < 4.78 is 26.5. The molecule has 1 rings (SSSR count). The second kappa shape index (κ2) is 9.12. The molecule has 0 bridgehead atoms. The van der Waals surface area contributed by atoms with E-state index < -0.39 is 10.0 Å². The molecule has 2 N–H and O–H groups in total. The predicted octanol–water partition coefficient (Wildman–Crippen LogP) is 2.46. The summed E-state index contributed by atoms with van der Waals surface area (Å²) in [5, 5.41) is 8.90. The number of aliphatic hydroxyl groups excluding tert-OH is 1. The van der Waals surface area contributed by atoms with Crippen LogP contribution in [0.2, 0.25) is 0 Å². The van der Waals surface area contributed by atoms with E-state index in [1.807, 2.05) is 0 Å². The number of pyridine rings is 1. The van der Waals surface area contributed by atoms with E-state index in [0.29, 0.717) is 12.1 Å². The number of aromatic nitrogens is 1. The molecule has 0 atom stereocenters. The Bertz CT molecular complexity index is 498. The third-order valence-corrected chi connectivity index (χ3v) is 4.63. The van der Waals surface area contributed by atoms with Crippen molar-refractivity contribution in [3.8, 4) is 0 Å². The molecule has 0 amide bonds. The summed E-state index contributed by atoms with van der Waals surface area (Å²) in [7, 11) is -3.53. The lowest BCUT2D eigenvalue weighted by Gasteiger charge is -2.07. The van der Waals surface area contributed by atoms with Crippen molar-refractivity contribution in [1.82, 2.24) is 9.71 Å². The lowest BCUT2D eigenvalue weighted by molar-refractivity contribution is 0.281. The van der Waals surface area contributed by atoms with Crippen molar-refractivity contribution in [2.75, 3.05) is 6.54 Å². The summed E-state index contributed by atoms with van der Waals surface area (Å²) in [5.41, 5.74) is 0.596. The standard InChI is InChI=1S/C15H26N2O3S/c1-13(2)7-5-3-4-6-10-17-21(19,20)15-9-8-14(12-18)11-16-15/h8-9,11,13,17-18H,3-7,10,12H2,1-2H3. The minimum atomic E-state index is -3.53. The Hall–Kier alpha value is -0.980. The van der Waals surface area contributed by atoms with E-state index in [4.69, 9.17) is 5.11 Å². The summed E-state index contributed by atoms with van der Waals surface area (Å²) in [6.45, 7) is 4.72. The second-order valence-electron chi connectivity index (χ2n) is 5.66. The minimum absolute atomic E-state index is 0.000456. The van der Waals surface area contributed by atoms with Gasteiger partial charge in [0.15, 0.2) is 5.03 Å². The first-order valence-corrected chi connectivity index (χ1v) is 8.99. The molecule has 1 heterocycles. The number of unbranched alkanes of at least 4 members (excludes halogenated alkanes) is 3. The number of hydrogen-bond acceptors (Lipinski definition) is 4. The van der Waals surface area contributed by atoms with E-state index >= 15 is 0 Å². The molecule has 0 fully saturated rings. The maximum Gasteiger partial charge on any atom is 0.258 e. The van der Waals surface area contributed by atoms with Gasteiger partial charge in [-0.25, -0.2) is 18.1 Å². The second-order valence-corrected chi connectivity index (χ2v) is 7.37. The van der Waals surface area contributed by atoms with E-state index in [-0.39, 0.29) is 11.6 Å². The van der Waals surface area contributed by atoms with Gasteiger partial charge in [0.2, 0.25) is 0 Å². The highest BCUT2D eigenvalue weighted by Crippen LogP contribution is 2.10. The third kappa shape index (κ3) is 7.02. The van der Waals surface area contributed by atoms with Crippen molar-refractivity contribution in [3.05, 3.63) is 23.9 Å². The SMILES string of the molecule is CC(C)CCCCCCNS(=O)(=O)c1ccc(CO)cn1. The average molecular weight is 314 g/mol. The van der Waals surface area contributed by atoms with Gasteiger partial charge < -0.3 is 5.11 Å². The smallest absolute Gasteiger partial charge is 0.258 e. The van der Waals surface area contributed by atoms with Crippen molar-refractivity contribution in [2.45, 2.75) is 57.6 Å². The van der Waals surface area contributed by atoms with Gasteiger partial charge in [0.25, 0.3) is 10.0 Å². The largest absolute Gasteiger partial charge is 0.392 e. The molecule has 0 saturated carbocycles. The van der Waals surface area contributed by atoms with Crippen molar-refractivity contribution in [1.29, 1.82) is 0 Å². The zero-order valence-corrected chi connectivity index (χ0v) is 13.7. The first-order valence-electron chi connectivity index (χ1n) is 7.51. The fourth-order valence-electron chi connectivity index (χ4n) is 1.98. The van der Waals surface area contributed by atoms with Crippen LogP contribution in [0.1, 0.15) is 51.5 Å². The predicted molar refractivity (Wildman–Crippen MR) is 83.3 cm³/mol. The van der Waals surface area contributed by atoms with Gasteiger partial charge in [-0.15, -0.1) is 0 Å². The van der Waals surface area contributed by atoms with Crippen LogP contribution < -0.4 is 4.72 Å². The highest BCUT2D eigenvalue weighted by Gasteiger charge is 2.14. The fraction of sp³-hybridized carbons (Fsp3) is 0.667. The number of aliphatic hydroxyl groups is 1. The molecule has 0 aliphatic carbocycles. The number of hydrogen-bond donors (Lipinski definition) is 2. The maximum atomic E-state index is 12.0. The van der Waals surface area contributed by atoms with Gasteiger partial charge in [0, 0.05) is 12.7 Å². The molecule has 0 radical (unpaired) electrons. The van der Waals surface area contributed by atoms with Crippen molar-refractivity contribution < 1.29 is 13.5 Å². The molecule has 120 valence electrons. The molecule has 0 aliphatic heterocycles. The van der Waals surface area contributed by atoms with Gasteiger partial charge in [-0.3, -0.25) is 0 Å². The van der Waals surface area contributed by atoms with Crippen molar-refractivity contribution in [3.63, 3.8) is 0 Å². The first kappa shape index (κ1) is 18.1. The zero-order valence-electron chi connectivity index (χ0n) is 12.9. The lowest BCUT2D eigenvalue weighted by Crippen LogP contribution is -2.25. The van der Waals surface area contributed by atoms with Crippen molar-refractivity contribution >= 4 is 10.0 Å². The molecular formula is C15H26N2O3S. The highest BCUT2D eigenvalue weighted by molar-refractivity contribution is 7.89. The van der Waals surface area contributed by atoms with Gasteiger partial charge >= 0.3 is 0 Å². The van der Waals surface area contributed by atoms with E-state index in [1.54, 1.807) is 6.07 Å². The molecule has 0 spiro atoms. The Labute approximate surface area is 127 Å². The first-order chi connectivity index (χ1) is 9.95. The minimum Gasteiger partial charge on any atom is -0.392 e. The number of rotatable bonds is 10. The van der Waals surface area contributed by atoms with Crippen LogP contribution in [0.25, 0.3) is 0 Å². The van der Waals surface area contributed by atoms with Gasteiger partial charge in [-0.2, -0.15) is 0 Å². The Morgan fingerprint density at radius 2 is 1.90 bits per heavy atom. The molecule has 0 aliphatic rings. The van der Waals surface area contributed by atoms with E-state index in [2.05, 4.69) is 23.6 Å². The van der Waals surface area contributed by atoms with Gasteiger partial charge in [-0.1, -0.05) is 45.6 Å². The summed E-state index contributed by atoms with van der Waals surface area (Å²) in [6.07, 6.45) is 6.82. The lowest BCUT2D eigenvalue weighted by atomic mass is 10.0. The van der Waals surface area contributed by atoms with Gasteiger partial charge in [0.05, 0.1) is 6.61 Å². The number of nitrogens with one attached hydrogen (secondary N) is 1. The summed E-state index contributed by atoms with van der Waals surface area (Å²) >= 11 is 0. The van der Waals surface area contributed by atoms with Crippen LogP contribution in [-0.4, -0.2) is 25.1 Å². The van der Waals surface area contributed by atoms with Crippen LogP contribution in [0.3, 0.4) is 0 Å².